The number of carbonyl (C=O) groups is 2. The highest BCUT2D eigenvalue weighted by Gasteiger charge is 2.23. The van der Waals surface area contributed by atoms with Gasteiger partial charge in [-0.15, -0.1) is 0 Å². The molecule has 3 unspecified atom stereocenters. The van der Waals surface area contributed by atoms with Gasteiger partial charge in [-0.05, 0) is 70.3 Å². The first kappa shape index (κ1) is 59.8. The summed E-state index contributed by atoms with van der Waals surface area (Å²) in [5.74, 6) is -0.605. The number of ether oxygens (including phenoxy) is 1. The third-order valence-corrected chi connectivity index (χ3v) is 12.1. The lowest BCUT2D eigenvalue weighted by Gasteiger charge is -2.23. The van der Waals surface area contributed by atoms with Gasteiger partial charge < -0.3 is 20.3 Å². The molecule has 0 saturated heterocycles. The zero-order valence-corrected chi connectivity index (χ0v) is 41.3. The van der Waals surface area contributed by atoms with Gasteiger partial charge in [0.25, 0.3) is 0 Å². The summed E-state index contributed by atoms with van der Waals surface area (Å²) in [6.07, 6.45) is 60.6. The van der Waals surface area contributed by atoms with E-state index in [-0.39, 0.29) is 24.9 Å². The molecule has 0 aliphatic heterocycles. The molecule has 362 valence electrons. The maximum Gasteiger partial charge on any atom is 0.306 e. The number of nitrogens with one attached hydrogen (secondary N) is 1. The summed E-state index contributed by atoms with van der Waals surface area (Å²) in [6, 6.07) is -0.733. The lowest BCUT2D eigenvalue weighted by Crippen LogP contribution is -2.46. The zero-order chi connectivity index (χ0) is 45.2. The van der Waals surface area contributed by atoms with Gasteiger partial charge in [0.2, 0.25) is 5.91 Å². The van der Waals surface area contributed by atoms with E-state index in [2.05, 4.69) is 62.5 Å². The number of hydrogen-bond donors (Lipinski definition) is 3. The van der Waals surface area contributed by atoms with E-state index in [1.807, 2.05) is 12.2 Å². The van der Waals surface area contributed by atoms with Gasteiger partial charge in [-0.25, -0.2) is 0 Å². The quantitative estimate of drug-likeness (QED) is 0.0322. The molecular weight excluding hydrogens is 767 g/mol. The maximum absolute atomic E-state index is 13.2. The van der Waals surface area contributed by atoms with E-state index in [1.165, 1.54) is 167 Å². The van der Waals surface area contributed by atoms with Crippen molar-refractivity contribution in [2.45, 2.75) is 289 Å². The minimum Gasteiger partial charge on any atom is -0.458 e. The monoisotopic (exact) mass is 870 g/mol. The smallest absolute Gasteiger partial charge is 0.306 e. The van der Waals surface area contributed by atoms with Crippen LogP contribution in [0.15, 0.2) is 48.6 Å². The van der Waals surface area contributed by atoms with Crippen molar-refractivity contribution >= 4 is 11.9 Å². The van der Waals surface area contributed by atoms with E-state index in [0.717, 1.165) is 64.2 Å². The van der Waals surface area contributed by atoms with Crippen LogP contribution in [0.25, 0.3) is 0 Å². The van der Waals surface area contributed by atoms with Crippen molar-refractivity contribution < 1.29 is 24.5 Å². The highest BCUT2D eigenvalue weighted by atomic mass is 16.5. The van der Waals surface area contributed by atoms with Gasteiger partial charge in [-0.1, -0.05) is 237 Å². The number of amides is 1. The van der Waals surface area contributed by atoms with E-state index in [9.17, 15) is 19.8 Å². The largest absolute Gasteiger partial charge is 0.458 e. The van der Waals surface area contributed by atoms with E-state index in [1.54, 1.807) is 0 Å². The number of hydrogen-bond acceptors (Lipinski definition) is 5. The number of unbranched alkanes of at least 4 members (excludes halogenated alkanes) is 30. The minimum absolute atomic E-state index is 0.0309. The highest BCUT2D eigenvalue weighted by Crippen LogP contribution is 2.16. The summed E-state index contributed by atoms with van der Waals surface area (Å²) in [7, 11) is 0. The fraction of sp³-hybridized carbons (Fsp3) is 0.821. The van der Waals surface area contributed by atoms with Crippen LogP contribution in [-0.2, 0) is 14.3 Å². The van der Waals surface area contributed by atoms with Crippen LogP contribution < -0.4 is 5.32 Å². The second kappa shape index (κ2) is 49.8. The van der Waals surface area contributed by atoms with Crippen molar-refractivity contribution in [3.05, 3.63) is 48.6 Å². The third kappa shape index (κ3) is 44.4. The Balaban J connectivity index is 4.56. The topological polar surface area (TPSA) is 95.9 Å². The van der Waals surface area contributed by atoms with E-state index >= 15 is 0 Å². The van der Waals surface area contributed by atoms with E-state index < -0.39 is 18.2 Å². The van der Waals surface area contributed by atoms with Crippen molar-refractivity contribution in [3.8, 4) is 0 Å². The number of aliphatic hydroxyl groups is 2. The molecule has 0 aliphatic carbocycles. The molecule has 3 N–H and O–H groups in total. The van der Waals surface area contributed by atoms with Crippen LogP contribution in [0, 0.1) is 0 Å². The summed E-state index contributed by atoms with van der Waals surface area (Å²) in [4.78, 5) is 26.1. The Morgan fingerprint density at radius 3 is 1.31 bits per heavy atom. The normalized spacial score (nSPS) is 13.6. The molecule has 0 fully saturated rings. The molecule has 0 aromatic carbocycles. The summed E-state index contributed by atoms with van der Waals surface area (Å²) in [5, 5.41) is 23.7. The molecule has 0 saturated carbocycles. The van der Waals surface area contributed by atoms with Gasteiger partial charge in [-0.2, -0.15) is 0 Å². The van der Waals surface area contributed by atoms with Crippen molar-refractivity contribution in [2.75, 3.05) is 6.61 Å². The molecule has 6 heteroatoms. The Bertz CT molecular complexity index is 1070. The van der Waals surface area contributed by atoms with Crippen LogP contribution in [0.4, 0.5) is 0 Å². The Labute approximate surface area is 385 Å². The number of carbonyl (C=O) groups excluding carboxylic acids is 2. The van der Waals surface area contributed by atoms with Crippen molar-refractivity contribution in [3.63, 3.8) is 0 Å². The molecule has 0 spiro atoms. The molecule has 0 rings (SSSR count). The summed E-state index contributed by atoms with van der Waals surface area (Å²) >= 11 is 0. The first-order valence-corrected chi connectivity index (χ1v) is 26.9. The average molecular weight is 870 g/mol. The van der Waals surface area contributed by atoms with Gasteiger partial charge >= 0.3 is 5.97 Å². The second-order valence-corrected chi connectivity index (χ2v) is 18.3. The van der Waals surface area contributed by atoms with Crippen LogP contribution >= 0.6 is 0 Å². The number of rotatable bonds is 48. The van der Waals surface area contributed by atoms with Gasteiger partial charge in [0.05, 0.1) is 25.2 Å². The third-order valence-electron chi connectivity index (χ3n) is 12.1. The van der Waals surface area contributed by atoms with Gasteiger partial charge in [0, 0.05) is 6.42 Å². The van der Waals surface area contributed by atoms with Crippen LogP contribution in [0.3, 0.4) is 0 Å². The number of allylic oxidation sites excluding steroid dienone is 7. The van der Waals surface area contributed by atoms with Crippen LogP contribution in [0.1, 0.15) is 271 Å². The lowest BCUT2D eigenvalue weighted by atomic mass is 10.0. The molecule has 0 aromatic rings. The van der Waals surface area contributed by atoms with Crippen molar-refractivity contribution in [1.82, 2.24) is 5.32 Å². The molecule has 0 aromatic heterocycles. The molecule has 6 nitrogen and oxygen atoms in total. The second-order valence-electron chi connectivity index (χ2n) is 18.3. The highest BCUT2D eigenvalue weighted by molar-refractivity contribution is 5.78. The molecule has 0 bridgehead atoms. The zero-order valence-electron chi connectivity index (χ0n) is 41.3. The fourth-order valence-corrected chi connectivity index (χ4v) is 8.01. The van der Waals surface area contributed by atoms with Crippen LogP contribution in [0.5, 0.6) is 0 Å². The number of esters is 1. The van der Waals surface area contributed by atoms with E-state index in [0.29, 0.717) is 12.8 Å². The Hall–Kier alpha value is -2.18. The minimum atomic E-state index is -0.812. The fourth-order valence-electron chi connectivity index (χ4n) is 8.01. The first-order valence-electron chi connectivity index (χ1n) is 26.9. The van der Waals surface area contributed by atoms with Crippen LogP contribution in [0.2, 0.25) is 0 Å². The predicted molar refractivity (Wildman–Crippen MR) is 269 cm³/mol. The Kier molecular flexibility index (Phi) is 48.1. The van der Waals surface area contributed by atoms with Gasteiger partial charge in [0.15, 0.2) is 0 Å². The molecule has 3 atom stereocenters. The molecule has 1 amide bonds. The predicted octanol–water partition coefficient (Wildman–Crippen LogP) is 16.2. The molecule has 0 radical (unpaired) electrons. The van der Waals surface area contributed by atoms with Gasteiger partial charge in [0.1, 0.15) is 6.10 Å². The molecule has 62 heavy (non-hydrogen) atoms. The van der Waals surface area contributed by atoms with Crippen LogP contribution in [-0.4, -0.2) is 46.9 Å². The van der Waals surface area contributed by atoms with E-state index in [4.69, 9.17) is 4.74 Å². The summed E-state index contributed by atoms with van der Waals surface area (Å²) in [5.41, 5.74) is 0. The summed E-state index contributed by atoms with van der Waals surface area (Å²) < 4.78 is 5.83. The van der Waals surface area contributed by atoms with Crippen molar-refractivity contribution in [2.24, 2.45) is 0 Å². The van der Waals surface area contributed by atoms with Gasteiger partial charge in [-0.3, -0.25) is 9.59 Å². The average Bonchev–Trinajstić information content (AvgIpc) is 3.26. The Morgan fingerprint density at radius 2 is 0.855 bits per heavy atom. The first-order chi connectivity index (χ1) is 30.5. The molecular formula is C56H103NO5. The number of aliphatic hydroxyl groups excluding tert-OH is 2. The SMILES string of the molecule is CCCCC/C=C\C/C=C\CCCCCCCCCC(=O)OC(/C=C/C/C=C\CCCCCCCC)CC(=O)NC(CO)C(O)CCCCCCCCCCCCCCCCC. The maximum atomic E-state index is 13.2. The standard InChI is InChI=1S/C56H103NO5/c1-4-7-10-13-16-19-22-24-26-27-29-31-34-37-40-43-46-49-56(61)62-52(47-44-41-38-35-32-21-18-15-12-9-6-3)50-55(60)57-53(51-58)54(59)48-45-42-39-36-33-30-28-25-23-20-17-14-11-8-5-2/h16,19,24,26,35,38,44,47,52-54,58-59H,4-15,17-18,20-23,25,27-34,36-37,39-43,45-46,48-51H2,1-3H3,(H,57,60)/b19-16-,26-24-,38-35-,47-44+. The summed E-state index contributed by atoms with van der Waals surface area (Å²) in [6.45, 7) is 6.43. The molecule has 0 aliphatic rings. The van der Waals surface area contributed by atoms with Crippen molar-refractivity contribution in [1.29, 1.82) is 0 Å². The lowest BCUT2D eigenvalue weighted by molar-refractivity contribution is -0.148. The Morgan fingerprint density at radius 1 is 0.484 bits per heavy atom. The molecule has 0 heterocycles.